The minimum atomic E-state index is 0.0974. The van der Waals surface area contributed by atoms with E-state index < -0.39 is 0 Å². The zero-order chi connectivity index (χ0) is 12.8. The summed E-state index contributed by atoms with van der Waals surface area (Å²) in [5.41, 5.74) is 0.762. The quantitative estimate of drug-likeness (QED) is 0.764. The van der Waals surface area contributed by atoms with Gasteiger partial charge in [0.2, 0.25) is 0 Å². The lowest BCUT2D eigenvalue weighted by Gasteiger charge is -2.18. The molecule has 0 unspecified atom stereocenters. The van der Waals surface area contributed by atoms with Gasteiger partial charge in [-0.2, -0.15) is 0 Å². The van der Waals surface area contributed by atoms with Gasteiger partial charge in [-0.05, 0) is 73.9 Å². The van der Waals surface area contributed by atoms with Gasteiger partial charge in [0, 0.05) is 22.7 Å². The summed E-state index contributed by atoms with van der Waals surface area (Å²) in [6.45, 7) is 1.80. The average molecular weight is 346 g/mol. The number of amides is 1. The second-order valence-electron chi connectivity index (χ2n) is 4.39. The van der Waals surface area contributed by atoms with E-state index in [0.29, 0.717) is 0 Å². The van der Waals surface area contributed by atoms with Gasteiger partial charge in [-0.15, -0.1) is 0 Å². The van der Waals surface area contributed by atoms with Gasteiger partial charge in [0.15, 0.2) is 0 Å². The summed E-state index contributed by atoms with van der Waals surface area (Å²) in [6.07, 6.45) is 1.000. The van der Waals surface area contributed by atoms with Gasteiger partial charge in [0.25, 0.3) is 5.91 Å². The first kappa shape index (κ1) is 14.4. The zero-order valence-corrected chi connectivity index (χ0v) is 12.8. The molecule has 0 saturated heterocycles. The molecule has 0 bridgehead atoms. The van der Waals surface area contributed by atoms with Crippen molar-refractivity contribution in [1.29, 1.82) is 0 Å². The van der Waals surface area contributed by atoms with Crippen molar-refractivity contribution in [3.05, 3.63) is 33.4 Å². The Balaban J connectivity index is 2.49. The molecule has 4 heteroatoms. The molecular weight excluding hydrogens is 327 g/mol. The van der Waals surface area contributed by atoms with E-state index in [1.54, 1.807) is 4.90 Å². The maximum Gasteiger partial charge on any atom is 0.253 e. The topological polar surface area (TPSA) is 23.6 Å². The van der Waals surface area contributed by atoms with Crippen LogP contribution in [0.1, 0.15) is 16.8 Å². The predicted octanol–water partition coefficient (Wildman–Crippen LogP) is 2.31. The molecule has 17 heavy (non-hydrogen) atoms. The van der Waals surface area contributed by atoms with Crippen LogP contribution in [0.2, 0.25) is 0 Å². The maximum atomic E-state index is 12.0. The van der Waals surface area contributed by atoms with E-state index in [-0.39, 0.29) is 5.91 Å². The Morgan fingerprint density at radius 2 is 1.71 bits per heavy atom. The number of carbonyl (C=O) groups is 1. The van der Waals surface area contributed by atoms with Crippen molar-refractivity contribution in [2.45, 2.75) is 6.42 Å². The van der Waals surface area contributed by atoms with Crippen molar-refractivity contribution < 1.29 is 4.79 Å². The maximum absolute atomic E-state index is 12.0. The summed E-state index contributed by atoms with van der Waals surface area (Å²) in [5.74, 6) is 0.0974. The van der Waals surface area contributed by atoms with Crippen molar-refractivity contribution in [3.63, 3.8) is 0 Å². The third-order valence-corrected chi connectivity index (χ3v) is 3.26. The number of halogens is 1. The van der Waals surface area contributed by atoms with Crippen molar-refractivity contribution in [3.8, 4) is 0 Å². The van der Waals surface area contributed by atoms with Crippen molar-refractivity contribution in [1.82, 2.24) is 9.80 Å². The minimum Gasteiger partial charge on any atom is -0.342 e. The van der Waals surface area contributed by atoms with Gasteiger partial charge in [0.05, 0.1) is 0 Å². The second-order valence-corrected chi connectivity index (χ2v) is 5.64. The first-order chi connectivity index (χ1) is 8.00. The molecule has 0 N–H and O–H groups in total. The third-order valence-electron chi connectivity index (χ3n) is 2.54. The molecule has 0 fully saturated rings. The van der Waals surface area contributed by atoms with E-state index in [4.69, 9.17) is 0 Å². The molecule has 0 atom stereocenters. The van der Waals surface area contributed by atoms with E-state index >= 15 is 0 Å². The molecular formula is C13H19IN2O. The summed E-state index contributed by atoms with van der Waals surface area (Å²) < 4.78 is 1.15. The predicted molar refractivity (Wildman–Crippen MR) is 79.3 cm³/mol. The molecule has 0 aliphatic carbocycles. The Hall–Kier alpha value is -0.620. The normalized spacial score (nSPS) is 10.6. The fourth-order valence-electron chi connectivity index (χ4n) is 1.54. The molecule has 1 amide bonds. The van der Waals surface area contributed by atoms with Crippen LogP contribution < -0.4 is 0 Å². The number of hydrogen-bond donors (Lipinski definition) is 0. The molecule has 0 aromatic heterocycles. The minimum absolute atomic E-state index is 0.0974. The van der Waals surface area contributed by atoms with Crippen LogP contribution in [0.5, 0.6) is 0 Å². The standard InChI is InChI=1S/C13H19IN2O/c1-15(2)9-4-10-16(3)13(17)11-5-7-12(14)8-6-11/h5-8H,4,9-10H2,1-3H3. The monoisotopic (exact) mass is 346 g/mol. The second kappa shape index (κ2) is 6.96. The molecule has 1 aromatic carbocycles. The highest BCUT2D eigenvalue weighted by Crippen LogP contribution is 2.09. The molecule has 1 aromatic rings. The lowest BCUT2D eigenvalue weighted by molar-refractivity contribution is 0.0790. The van der Waals surface area contributed by atoms with Gasteiger partial charge in [-0.25, -0.2) is 0 Å². The Labute approximate surface area is 117 Å². The van der Waals surface area contributed by atoms with Crippen molar-refractivity contribution >= 4 is 28.5 Å². The summed E-state index contributed by atoms with van der Waals surface area (Å²) in [5, 5.41) is 0. The van der Waals surface area contributed by atoms with E-state index in [1.807, 2.05) is 45.4 Å². The number of carbonyl (C=O) groups excluding carboxylic acids is 1. The van der Waals surface area contributed by atoms with Crippen LogP contribution >= 0.6 is 22.6 Å². The lowest BCUT2D eigenvalue weighted by Crippen LogP contribution is -2.29. The van der Waals surface area contributed by atoms with E-state index in [1.165, 1.54) is 0 Å². The first-order valence-electron chi connectivity index (χ1n) is 5.66. The van der Waals surface area contributed by atoms with Gasteiger partial charge in [-0.1, -0.05) is 0 Å². The van der Waals surface area contributed by atoms with Crippen LogP contribution in [0.3, 0.4) is 0 Å². The fraction of sp³-hybridized carbons (Fsp3) is 0.462. The van der Waals surface area contributed by atoms with E-state index in [9.17, 15) is 4.79 Å². The summed E-state index contributed by atoms with van der Waals surface area (Å²) in [4.78, 5) is 16.0. The Morgan fingerprint density at radius 3 is 2.24 bits per heavy atom. The largest absolute Gasteiger partial charge is 0.342 e. The number of hydrogen-bond acceptors (Lipinski definition) is 2. The van der Waals surface area contributed by atoms with Crippen LogP contribution in [0.4, 0.5) is 0 Å². The third kappa shape index (κ3) is 5.04. The van der Waals surface area contributed by atoms with Crippen molar-refractivity contribution in [2.24, 2.45) is 0 Å². The van der Waals surface area contributed by atoms with Crippen LogP contribution in [-0.2, 0) is 0 Å². The van der Waals surface area contributed by atoms with Crippen LogP contribution in [0.15, 0.2) is 24.3 Å². The molecule has 0 aliphatic heterocycles. The SMILES string of the molecule is CN(C)CCCN(C)C(=O)c1ccc(I)cc1. The number of rotatable bonds is 5. The Bertz CT molecular complexity index is 362. The van der Waals surface area contributed by atoms with Gasteiger partial charge in [-0.3, -0.25) is 4.79 Å². The van der Waals surface area contributed by atoms with Gasteiger partial charge in [0.1, 0.15) is 0 Å². The summed E-state index contributed by atoms with van der Waals surface area (Å²) >= 11 is 2.24. The highest BCUT2D eigenvalue weighted by Gasteiger charge is 2.10. The average Bonchev–Trinajstić information content (AvgIpc) is 2.28. The van der Waals surface area contributed by atoms with Crippen LogP contribution in [-0.4, -0.2) is 49.9 Å². The Morgan fingerprint density at radius 1 is 1.12 bits per heavy atom. The summed E-state index contributed by atoms with van der Waals surface area (Å²) in [7, 11) is 5.94. The number of nitrogens with zero attached hydrogens (tertiary/aromatic N) is 2. The highest BCUT2D eigenvalue weighted by molar-refractivity contribution is 14.1. The molecule has 1 rings (SSSR count). The molecule has 0 aliphatic rings. The molecule has 0 heterocycles. The highest BCUT2D eigenvalue weighted by atomic mass is 127. The van der Waals surface area contributed by atoms with Crippen LogP contribution in [0.25, 0.3) is 0 Å². The molecule has 3 nitrogen and oxygen atoms in total. The summed E-state index contributed by atoms with van der Waals surface area (Å²) in [6, 6.07) is 7.68. The van der Waals surface area contributed by atoms with Gasteiger partial charge >= 0.3 is 0 Å². The number of benzene rings is 1. The molecule has 94 valence electrons. The van der Waals surface area contributed by atoms with Gasteiger partial charge < -0.3 is 9.80 Å². The molecule has 0 spiro atoms. The van der Waals surface area contributed by atoms with E-state index in [2.05, 4.69) is 27.5 Å². The first-order valence-corrected chi connectivity index (χ1v) is 6.74. The smallest absolute Gasteiger partial charge is 0.253 e. The molecule has 0 saturated carbocycles. The van der Waals surface area contributed by atoms with E-state index in [0.717, 1.165) is 28.6 Å². The fourth-order valence-corrected chi connectivity index (χ4v) is 1.90. The van der Waals surface area contributed by atoms with Crippen LogP contribution in [0, 0.1) is 3.57 Å². The zero-order valence-electron chi connectivity index (χ0n) is 10.6. The lowest BCUT2D eigenvalue weighted by atomic mass is 10.2. The Kier molecular flexibility index (Phi) is 5.91. The molecule has 0 radical (unpaired) electrons. The van der Waals surface area contributed by atoms with Crippen molar-refractivity contribution in [2.75, 3.05) is 34.2 Å².